The minimum Gasteiger partial charge on any atom is -0.483 e. The fraction of sp³-hybridized carbons (Fsp3) is 0.346. The zero-order chi connectivity index (χ0) is 25.2. The number of nitriles is 1. The molecule has 1 aromatic carbocycles. The number of pyridine rings is 1. The van der Waals surface area contributed by atoms with E-state index in [1.54, 1.807) is 11.3 Å². The van der Waals surface area contributed by atoms with Gasteiger partial charge >= 0.3 is 0 Å². The Hall–Kier alpha value is -3.81. The number of imide groups is 1. The number of rotatable bonds is 4. The Bertz CT molecular complexity index is 1370. The molecule has 6 rings (SSSR count). The number of carbonyl (C=O) groups excluding carboxylic acids is 2. The standard InChI is InChI=1S/C25H23N5O2S.CH2O2/c26-11-15-8-16-2-1-7-29(17-12-27-13-17)24(16)20(9-15)19-5-6-28-21-10-18(33-25(19)21)14-30-22(31)3-4-23(30)32;2-1-3/h5-6,8-10,17,27H,1-4,7,12-14H2;1H,(H,2,3). The monoisotopic (exact) mass is 503 g/mol. The van der Waals surface area contributed by atoms with Gasteiger partial charge in [-0.2, -0.15) is 5.26 Å². The van der Waals surface area contributed by atoms with Crippen molar-refractivity contribution in [2.45, 2.75) is 38.3 Å². The Morgan fingerprint density at radius 1 is 1.17 bits per heavy atom. The quantitative estimate of drug-likeness (QED) is 0.411. The first-order chi connectivity index (χ1) is 17.5. The minimum absolute atomic E-state index is 0.105. The number of benzene rings is 1. The van der Waals surface area contributed by atoms with Gasteiger partial charge in [-0.05, 0) is 42.7 Å². The molecule has 5 heterocycles. The molecular formula is C26H25N5O4S. The molecule has 0 saturated carbocycles. The molecule has 2 amide bonds. The van der Waals surface area contributed by atoms with Crippen LogP contribution in [0.2, 0.25) is 0 Å². The molecule has 2 aromatic heterocycles. The van der Waals surface area contributed by atoms with Crippen LogP contribution >= 0.6 is 11.3 Å². The van der Waals surface area contributed by atoms with Crippen LogP contribution in [0.5, 0.6) is 0 Å². The van der Waals surface area contributed by atoms with Crippen LogP contribution in [0, 0.1) is 11.3 Å². The van der Waals surface area contributed by atoms with Crippen LogP contribution < -0.4 is 10.2 Å². The molecule has 2 saturated heterocycles. The van der Waals surface area contributed by atoms with E-state index in [-0.39, 0.29) is 18.3 Å². The molecule has 0 unspecified atom stereocenters. The maximum Gasteiger partial charge on any atom is 0.290 e. The van der Waals surface area contributed by atoms with Gasteiger partial charge < -0.3 is 15.3 Å². The summed E-state index contributed by atoms with van der Waals surface area (Å²) >= 11 is 1.58. The summed E-state index contributed by atoms with van der Waals surface area (Å²) in [5.41, 5.74) is 6.13. The lowest BCUT2D eigenvalue weighted by molar-refractivity contribution is -0.139. The number of amides is 2. The van der Waals surface area contributed by atoms with Crippen molar-refractivity contribution in [1.29, 1.82) is 5.26 Å². The van der Waals surface area contributed by atoms with Crippen molar-refractivity contribution in [3.8, 4) is 17.2 Å². The van der Waals surface area contributed by atoms with Crippen LogP contribution in [0.1, 0.15) is 35.3 Å². The average molecular weight is 504 g/mol. The lowest BCUT2D eigenvalue weighted by Crippen LogP contribution is -2.58. The minimum atomic E-state index is -0.250. The molecule has 2 fully saturated rings. The smallest absolute Gasteiger partial charge is 0.290 e. The molecule has 0 spiro atoms. The predicted octanol–water partition coefficient (Wildman–Crippen LogP) is 2.91. The average Bonchev–Trinajstić information content (AvgIpc) is 3.41. The van der Waals surface area contributed by atoms with Crippen LogP contribution in [-0.2, 0) is 27.3 Å². The van der Waals surface area contributed by atoms with Crippen molar-refractivity contribution in [3.63, 3.8) is 0 Å². The first kappa shape index (κ1) is 23.9. The van der Waals surface area contributed by atoms with Crippen molar-refractivity contribution in [2.75, 3.05) is 24.5 Å². The number of fused-ring (bicyclic) bond motifs is 2. The Kier molecular flexibility index (Phi) is 6.67. The summed E-state index contributed by atoms with van der Waals surface area (Å²) in [7, 11) is 0. The summed E-state index contributed by atoms with van der Waals surface area (Å²) in [6.07, 6.45) is 4.46. The van der Waals surface area contributed by atoms with Crippen LogP contribution in [0.4, 0.5) is 5.69 Å². The highest BCUT2D eigenvalue weighted by Gasteiger charge is 2.32. The summed E-state index contributed by atoms with van der Waals surface area (Å²) in [6, 6.07) is 10.9. The van der Waals surface area contributed by atoms with E-state index in [9.17, 15) is 14.9 Å². The van der Waals surface area contributed by atoms with E-state index in [1.807, 2.05) is 30.5 Å². The van der Waals surface area contributed by atoms with Gasteiger partial charge in [-0.1, -0.05) is 0 Å². The highest BCUT2D eigenvalue weighted by molar-refractivity contribution is 7.19. The number of carbonyl (C=O) groups is 3. The molecule has 3 aliphatic heterocycles. The number of carboxylic acid groups (broad SMARTS) is 1. The number of nitrogens with zero attached hydrogens (tertiary/aromatic N) is 4. The zero-order valence-corrected chi connectivity index (χ0v) is 20.4. The maximum atomic E-state index is 12.1. The molecule has 3 aromatic rings. The van der Waals surface area contributed by atoms with E-state index < -0.39 is 0 Å². The van der Waals surface area contributed by atoms with E-state index in [1.165, 1.54) is 16.2 Å². The van der Waals surface area contributed by atoms with Crippen LogP contribution in [-0.4, -0.2) is 59.0 Å². The molecule has 0 atom stereocenters. The summed E-state index contributed by atoms with van der Waals surface area (Å²) in [6.45, 7) is 3.02. The summed E-state index contributed by atoms with van der Waals surface area (Å²) in [5.74, 6) is -0.211. The van der Waals surface area contributed by atoms with Crippen molar-refractivity contribution in [1.82, 2.24) is 15.2 Å². The predicted molar refractivity (Wildman–Crippen MR) is 136 cm³/mol. The summed E-state index contributed by atoms with van der Waals surface area (Å²) < 4.78 is 1.03. The highest BCUT2D eigenvalue weighted by Crippen LogP contribution is 2.43. The second kappa shape index (κ2) is 10.0. The fourth-order valence-corrected chi connectivity index (χ4v) is 6.27. The third-order valence-electron chi connectivity index (χ3n) is 6.87. The molecule has 9 nitrogen and oxygen atoms in total. The van der Waals surface area contributed by atoms with Gasteiger partial charge in [0, 0.05) is 60.4 Å². The number of aromatic nitrogens is 1. The number of nitrogens with one attached hydrogen (secondary N) is 1. The van der Waals surface area contributed by atoms with E-state index in [0.717, 1.165) is 58.7 Å². The van der Waals surface area contributed by atoms with E-state index in [0.29, 0.717) is 31.0 Å². The third-order valence-corrected chi connectivity index (χ3v) is 8.02. The third kappa shape index (κ3) is 4.32. The second-order valence-corrected chi connectivity index (χ2v) is 10.2. The Balaban J connectivity index is 0.000000848. The molecule has 0 bridgehead atoms. The lowest BCUT2D eigenvalue weighted by atomic mass is 9.90. The molecule has 10 heteroatoms. The van der Waals surface area contributed by atoms with E-state index in [4.69, 9.17) is 9.90 Å². The molecule has 0 aliphatic carbocycles. The maximum absolute atomic E-state index is 12.1. The SMILES string of the molecule is N#Cc1cc2c(c(-c3ccnc4cc(CN5C(=O)CCC5=O)sc34)c1)N(C1CNC1)CCC2.O=CO. The molecule has 2 N–H and O–H groups in total. The first-order valence-electron chi connectivity index (χ1n) is 11.9. The van der Waals surface area contributed by atoms with Crippen molar-refractivity contribution in [3.05, 3.63) is 46.5 Å². The van der Waals surface area contributed by atoms with Gasteiger partial charge in [0.25, 0.3) is 6.47 Å². The zero-order valence-electron chi connectivity index (χ0n) is 19.6. The fourth-order valence-electron chi connectivity index (χ4n) is 5.14. The van der Waals surface area contributed by atoms with Gasteiger partial charge in [0.15, 0.2) is 0 Å². The Morgan fingerprint density at radius 2 is 1.92 bits per heavy atom. The van der Waals surface area contributed by atoms with Gasteiger partial charge in [0.05, 0.1) is 34.4 Å². The Labute approximate surface area is 212 Å². The number of hydrogen-bond acceptors (Lipinski definition) is 8. The number of aryl methyl sites for hydroxylation is 1. The van der Waals surface area contributed by atoms with Crippen LogP contribution in [0.25, 0.3) is 21.3 Å². The molecule has 36 heavy (non-hydrogen) atoms. The molecular weight excluding hydrogens is 478 g/mol. The van der Waals surface area contributed by atoms with Crippen LogP contribution in [0.3, 0.4) is 0 Å². The topological polar surface area (TPSA) is 127 Å². The van der Waals surface area contributed by atoms with Crippen LogP contribution in [0.15, 0.2) is 30.5 Å². The molecule has 3 aliphatic rings. The first-order valence-corrected chi connectivity index (χ1v) is 12.7. The lowest BCUT2D eigenvalue weighted by Gasteiger charge is -2.44. The van der Waals surface area contributed by atoms with E-state index in [2.05, 4.69) is 21.3 Å². The number of thiophene rings is 1. The van der Waals surface area contributed by atoms with Gasteiger partial charge in [-0.25, -0.2) is 0 Å². The molecule has 184 valence electrons. The van der Waals surface area contributed by atoms with Gasteiger partial charge in [-0.15, -0.1) is 11.3 Å². The van der Waals surface area contributed by atoms with Crippen molar-refractivity contribution in [2.24, 2.45) is 0 Å². The van der Waals surface area contributed by atoms with Gasteiger partial charge in [-0.3, -0.25) is 24.3 Å². The highest BCUT2D eigenvalue weighted by atomic mass is 32.1. The van der Waals surface area contributed by atoms with Gasteiger partial charge in [0.1, 0.15) is 0 Å². The largest absolute Gasteiger partial charge is 0.483 e. The summed E-state index contributed by atoms with van der Waals surface area (Å²) in [4.78, 5) is 42.0. The Morgan fingerprint density at radius 3 is 2.58 bits per heavy atom. The van der Waals surface area contributed by atoms with Gasteiger partial charge in [0.2, 0.25) is 11.8 Å². The van der Waals surface area contributed by atoms with E-state index >= 15 is 0 Å². The normalized spacial score (nSPS) is 17.3. The summed E-state index contributed by atoms with van der Waals surface area (Å²) in [5, 5.41) is 20.0. The number of anilines is 1. The van der Waals surface area contributed by atoms with Crippen molar-refractivity contribution >= 4 is 45.5 Å². The molecule has 0 radical (unpaired) electrons. The second-order valence-electron chi connectivity index (χ2n) is 9.02. The van der Waals surface area contributed by atoms with Crippen molar-refractivity contribution < 1.29 is 19.5 Å². The number of hydrogen-bond donors (Lipinski definition) is 2. The number of likely N-dealkylation sites (tertiary alicyclic amines) is 1.